The quantitative estimate of drug-likeness (QED) is 0.819. The van der Waals surface area contributed by atoms with Crippen LogP contribution in [0.5, 0.6) is 0 Å². The van der Waals surface area contributed by atoms with E-state index in [-0.39, 0.29) is 5.41 Å². The summed E-state index contributed by atoms with van der Waals surface area (Å²) in [7, 11) is 0. The Balaban J connectivity index is 2.76. The molecule has 1 unspecified atom stereocenters. The largest absolute Gasteiger partial charge is 0.388 e. The zero-order valence-electron chi connectivity index (χ0n) is 11.5. The van der Waals surface area contributed by atoms with Gasteiger partial charge in [-0.3, -0.25) is 0 Å². The van der Waals surface area contributed by atoms with E-state index in [1.54, 1.807) is 0 Å². The minimum atomic E-state index is -0.413. The summed E-state index contributed by atoms with van der Waals surface area (Å²) in [6.07, 6.45) is -0.413. The first kappa shape index (κ1) is 14.2. The summed E-state index contributed by atoms with van der Waals surface area (Å²) in [4.78, 5) is 2.35. The smallest absolute Gasteiger partial charge is 0.0853 e. The van der Waals surface area contributed by atoms with Gasteiger partial charge >= 0.3 is 0 Å². The van der Waals surface area contributed by atoms with E-state index >= 15 is 0 Å². The van der Waals surface area contributed by atoms with Gasteiger partial charge in [0.1, 0.15) is 0 Å². The van der Waals surface area contributed by atoms with Gasteiger partial charge in [-0.25, -0.2) is 0 Å². The fourth-order valence-electron chi connectivity index (χ4n) is 2.20. The molecular formula is C15H25NO. The van der Waals surface area contributed by atoms with E-state index in [2.05, 4.69) is 32.6 Å². The van der Waals surface area contributed by atoms with Gasteiger partial charge in [-0.05, 0) is 18.7 Å². The van der Waals surface area contributed by atoms with Crippen LogP contribution in [0, 0.1) is 5.41 Å². The van der Waals surface area contributed by atoms with Crippen LogP contribution in [0.2, 0.25) is 0 Å². The third-order valence-electron chi connectivity index (χ3n) is 3.38. The number of hydrogen-bond donors (Lipinski definition) is 1. The first-order chi connectivity index (χ1) is 8.01. The minimum Gasteiger partial charge on any atom is -0.388 e. The van der Waals surface area contributed by atoms with Gasteiger partial charge in [0.2, 0.25) is 0 Å². The van der Waals surface area contributed by atoms with Crippen LogP contribution in [-0.4, -0.2) is 29.6 Å². The van der Waals surface area contributed by atoms with Crippen molar-refractivity contribution in [2.24, 2.45) is 5.41 Å². The van der Waals surface area contributed by atoms with E-state index < -0.39 is 6.10 Å². The van der Waals surface area contributed by atoms with Crippen LogP contribution in [0.25, 0.3) is 0 Å². The lowest BCUT2D eigenvalue weighted by atomic mass is 9.82. The van der Waals surface area contributed by atoms with Gasteiger partial charge in [-0.15, -0.1) is 0 Å². The maximum absolute atomic E-state index is 10.5. The molecule has 1 rings (SSSR count). The van der Waals surface area contributed by atoms with Crippen molar-refractivity contribution in [2.45, 2.75) is 33.8 Å². The fraction of sp³-hybridized carbons (Fsp3) is 0.600. The molecule has 0 heterocycles. The van der Waals surface area contributed by atoms with Crippen molar-refractivity contribution in [3.8, 4) is 0 Å². The molecule has 96 valence electrons. The Morgan fingerprint density at radius 2 is 1.65 bits per heavy atom. The van der Waals surface area contributed by atoms with Crippen LogP contribution >= 0.6 is 0 Å². The molecule has 1 atom stereocenters. The van der Waals surface area contributed by atoms with Gasteiger partial charge in [-0.1, -0.05) is 58.0 Å². The molecule has 0 amide bonds. The molecule has 0 saturated carbocycles. The predicted octanol–water partition coefficient (Wildman–Crippen LogP) is 3.09. The highest BCUT2D eigenvalue weighted by Gasteiger charge is 2.30. The molecule has 0 spiro atoms. The highest BCUT2D eigenvalue weighted by atomic mass is 16.3. The van der Waals surface area contributed by atoms with Gasteiger partial charge in [0, 0.05) is 12.0 Å². The number of benzene rings is 1. The number of hydrogen-bond acceptors (Lipinski definition) is 2. The monoisotopic (exact) mass is 235 g/mol. The molecule has 0 fully saturated rings. The number of aliphatic hydroxyl groups excluding tert-OH is 1. The van der Waals surface area contributed by atoms with Crippen LogP contribution in [0.15, 0.2) is 30.3 Å². The van der Waals surface area contributed by atoms with Crippen LogP contribution < -0.4 is 0 Å². The third kappa shape index (κ3) is 3.83. The lowest BCUT2D eigenvalue weighted by molar-refractivity contribution is 0.0225. The van der Waals surface area contributed by atoms with Crippen LogP contribution in [0.4, 0.5) is 0 Å². The lowest BCUT2D eigenvalue weighted by Gasteiger charge is -2.35. The average molecular weight is 235 g/mol. The summed E-state index contributed by atoms with van der Waals surface area (Å²) in [6.45, 7) is 11.5. The van der Waals surface area contributed by atoms with Gasteiger partial charge in [-0.2, -0.15) is 0 Å². The van der Waals surface area contributed by atoms with Gasteiger partial charge in [0.05, 0.1) is 6.10 Å². The van der Waals surface area contributed by atoms with Crippen LogP contribution in [0.3, 0.4) is 0 Å². The van der Waals surface area contributed by atoms with Crippen molar-refractivity contribution in [3.05, 3.63) is 35.9 Å². The molecule has 0 aromatic heterocycles. The summed E-state index contributed by atoms with van der Waals surface area (Å²) in [5.74, 6) is 0. The summed E-state index contributed by atoms with van der Waals surface area (Å²) < 4.78 is 0. The van der Waals surface area contributed by atoms with E-state index in [0.29, 0.717) is 0 Å². The summed E-state index contributed by atoms with van der Waals surface area (Å²) >= 11 is 0. The Hall–Kier alpha value is -0.860. The normalized spacial score (nSPS) is 14.0. The predicted molar refractivity (Wildman–Crippen MR) is 73.0 cm³/mol. The first-order valence-corrected chi connectivity index (χ1v) is 6.46. The Bertz CT molecular complexity index is 317. The highest BCUT2D eigenvalue weighted by Crippen LogP contribution is 2.33. The average Bonchev–Trinajstić information content (AvgIpc) is 2.36. The molecule has 0 aliphatic heterocycles. The molecule has 0 aliphatic carbocycles. The van der Waals surface area contributed by atoms with E-state index in [4.69, 9.17) is 0 Å². The van der Waals surface area contributed by atoms with Gasteiger partial charge < -0.3 is 10.0 Å². The third-order valence-corrected chi connectivity index (χ3v) is 3.38. The van der Waals surface area contributed by atoms with Crippen molar-refractivity contribution >= 4 is 0 Å². The molecule has 0 aliphatic rings. The number of nitrogens with zero attached hydrogens (tertiary/aromatic N) is 1. The topological polar surface area (TPSA) is 23.5 Å². The number of aliphatic hydroxyl groups is 1. The minimum absolute atomic E-state index is 0.132. The van der Waals surface area contributed by atoms with Crippen molar-refractivity contribution < 1.29 is 5.11 Å². The van der Waals surface area contributed by atoms with Crippen LogP contribution in [0.1, 0.15) is 39.4 Å². The van der Waals surface area contributed by atoms with Gasteiger partial charge in [0.25, 0.3) is 0 Å². The van der Waals surface area contributed by atoms with Gasteiger partial charge in [0.15, 0.2) is 0 Å². The fourth-order valence-corrected chi connectivity index (χ4v) is 2.20. The standard InChI is InChI=1S/C15H25NO/c1-5-16(6-2)12-15(3,4)14(17)13-10-8-7-9-11-13/h7-11,14,17H,5-6,12H2,1-4H3. The number of rotatable bonds is 6. The Morgan fingerprint density at radius 1 is 1.12 bits per heavy atom. The molecule has 1 aromatic carbocycles. The zero-order chi connectivity index (χ0) is 12.9. The van der Waals surface area contributed by atoms with E-state index in [1.165, 1.54) is 0 Å². The van der Waals surface area contributed by atoms with E-state index in [0.717, 1.165) is 25.2 Å². The molecule has 0 radical (unpaired) electrons. The first-order valence-electron chi connectivity index (χ1n) is 6.46. The Labute approximate surface area is 105 Å². The molecular weight excluding hydrogens is 210 g/mol. The van der Waals surface area contributed by atoms with Crippen LogP contribution in [-0.2, 0) is 0 Å². The second-order valence-corrected chi connectivity index (χ2v) is 5.26. The summed E-state index contributed by atoms with van der Waals surface area (Å²) in [5.41, 5.74) is 0.873. The van der Waals surface area contributed by atoms with Crippen molar-refractivity contribution in [1.29, 1.82) is 0 Å². The zero-order valence-corrected chi connectivity index (χ0v) is 11.5. The molecule has 2 nitrogen and oxygen atoms in total. The maximum atomic E-state index is 10.5. The van der Waals surface area contributed by atoms with Crippen molar-refractivity contribution in [1.82, 2.24) is 4.90 Å². The maximum Gasteiger partial charge on any atom is 0.0853 e. The summed E-state index contributed by atoms with van der Waals surface area (Å²) in [6, 6.07) is 9.93. The molecule has 1 aromatic rings. The van der Waals surface area contributed by atoms with Crippen molar-refractivity contribution in [3.63, 3.8) is 0 Å². The Morgan fingerprint density at radius 3 is 2.12 bits per heavy atom. The molecule has 2 heteroatoms. The molecule has 0 saturated heterocycles. The van der Waals surface area contributed by atoms with Crippen molar-refractivity contribution in [2.75, 3.05) is 19.6 Å². The summed E-state index contributed by atoms with van der Waals surface area (Å²) in [5, 5.41) is 10.5. The second-order valence-electron chi connectivity index (χ2n) is 5.26. The second kappa shape index (κ2) is 6.18. The van der Waals surface area contributed by atoms with E-state index in [1.807, 2.05) is 30.3 Å². The molecule has 17 heavy (non-hydrogen) atoms. The molecule has 1 N–H and O–H groups in total. The van der Waals surface area contributed by atoms with E-state index in [9.17, 15) is 5.11 Å². The SMILES string of the molecule is CCN(CC)CC(C)(C)C(O)c1ccccc1. The lowest BCUT2D eigenvalue weighted by Crippen LogP contribution is -2.37. The Kier molecular flexibility index (Phi) is 5.16. The highest BCUT2D eigenvalue weighted by molar-refractivity contribution is 5.19. The molecule has 0 bridgehead atoms.